The lowest BCUT2D eigenvalue weighted by Crippen LogP contribution is -2.15. The molecular weight excluding hydrogens is 312 g/mol. The van der Waals surface area contributed by atoms with Gasteiger partial charge in [-0.3, -0.25) is 4.79 Å². The third-order valence-corrected chi connectivity index (χ3v) is 4.98. The van der Waals surface area contributed by atoms with E-state index in [-0.39, 0.29) is 18.1 Å². The van der Waals surface area contributed by atoms with Crippen LogP contribution in [0, 0.1) is 0 Å². The standard InChI is InChI=1S/C21H22N2O2/c22-20(25)13-18-17-12-16(24)8-9-19(17)23(21(18)15-6-7-15)11-10-14-4-2-1-3-5-14/h1-5,8-9,12,15,24H,6-7,10-11,13H2,(H2,22,25). The van der Waals surface area contributed by atoms with E-state index in [1.165, 1.54) is 11.3 Å². The number of primary amides is 1. The molecule has 25 heavy (non-hydrogen) atoms. The van der Waals surface area contributed by atoms with Crippen molar-refractivity contribution in [3.05, 3.63) is 65.4 Å². The highest BCUT2D eigenvalue weighted by atomic mass is 16.3. The van der Waals surface area contributed by atoms with Crippen molar-refractivity contribution in [3.63, 3.8) is 0 Å². The van der Waals surface area contributed by atoms with E-state index in [0.29, 0.717) is 5.92 Å². The summed E-state index contributed by atoms with van der Waals surface area (Å²) < 4.78 is 2.33. The van der Waals surface area contributed by atoms with Crippen LogP contribution in [0.5, 0.6) is 5.75 Å². The fourth-order valence-corrected chi connectivity index (χ4v) is 3.74. The first-order valence-electron chi connectivity index (χ1n) is 8.79. The van der Waals surface area contributed by atoms with Crippen molar-refractivity contribution in [2.24, 2.45) is 5.73 Å². The van der Waals surface area contributed by atoms with Gasteiger partial charge < -0.3 is 15.4 Å². The van der Waals surface area contributed by atoms with Crippen LogP contribution >= 0.6 is 0 Å². The molecule has 3 aromatic rings. The quantitative estimate of drug-likeness (QED) is 0.724. The third kappa shape index (κ3) is 3.12. The highest BCUT2D eigenvalue weighted by Crippen LogP contribution is 2.45. The van der Waals surface area contributed by atoms with E-state index in [2.05, 4.69) is 28.8 Å². The van der Waals surface area contributed by atoms with Crippen molar-refractivity contribution in [1.82, 2.24) is 4.57 Å². The van der Waals surface area contributed by atoms with Crippen molar-refractivity contribution < 1.29 is 9.90 Å². The molecule has 0 spiro atoms. The van der Waals surface area contributed by atoms with Crippen molar-refractivity contribution in [3.8, 4) is 5.75 Å². The minimum Gasteiger partial charge on any atom is -0.508 e. The number of hydrogen-bond acceptors (Lipinski definition) is 2. The summed E-state index contributed by atoms with van der Waals surface area (Å²) in [6, 6.07) is 15.8. The number of benzene rings is 2. The summed E-state index contributed by atoms with van der Waals surface area (Å²) in [7, 11) is 0. The Morgan fingerprint density at radius 2 is 1.92 bits per heavy atom. The Morgan fingerprint density at radius 1 is 1.16 bits per heavy atom. The summed E-state index contributed by atoms with van der Waals surface area (Å²) in [5, 5.41) is 10.9. The second-order valence-electron chi connectivity index (χ2n) is 6.87. The maximum absolute atomic E-state index is 11.6. The van der Waals surface area contributed by atoms with E-state index in [1.54, 1.807) is 12.1 Å². The molecule has 1 aliphatic rings. The van der Waals surface area contributed by atoms with Gasteiger partial charge >= 0.3 is 0 Å². The minimum absolute atomic E-state index is 0.223. The number of hydrogen-bond donors (Lipinski definition) is 2. The summed E-state index contributed by atoms with van der Waals surface area (Å²) >= 11 is 0. The van der Waals surface area contributed by atoms with E-state index < -0.39 is 0 Å². The highest BCUT2D eigenvalue weighted by molar-refractivity contribution is 5.91. The number of nitrogens with zero attached hydrogens (tertiary/aromatic N) is 1. The highest BCUT2D eigenvalue weighted by Gasteiger charge is 2.32. The minimum atomic E-state index is -0.327. The molecule has 2 aromatic carbocycles. The second-order valence-corrected chi connectivity index (χ2v) is 6.87. The molecule has 0 radical (unpaired) electrons. The number of carbonyl (C=O) groups is 1. The molecule has 0 atom stereocenters. The summed E-state index contributed by atoms with van der Waals surface area (Å²) in [5.74, 6) is 0.396. The molecule has 1 aliphatic carbocycles. The van der Waals surface area contributed by atoms with Gasteiger partial charge in [0.05, 0.1) is 6.42 Å². The van der Waals surface area contributed by atoms with Crippen LogP contribution < -0.4 is 5.73 Å². The number of phenolic OH excluding ortho intramolecular Hbond substituents is 1. The molecule has 3 N–H and O–H groups in total. The third-order valence-electron chi connectivity index (χ3n) is 4.98. The molecule has 4 nitrogen and oxygen atoms in total. The van der Waals surface area contributed by atoms with Gasteiger partial charge in [0.1, 0.15) is 5.75 Å². The lowest BCUT2D eigenvalue weighted by atomic mass is 10.0. The zero-order valence-corrected chi connectivity index (χ0v) is 14.1. The summed E-state index contributed by atoms with van der Waals surface area (Å²) in [6.07, 6.45) is 3.46. The number of aryl methyl sites for hydroxylation is 2. The maximum atomic E-state index is 11.6. The first kappa shape index (κ1) is 15.8. The van der Waals surface area contributed by atoms with E-state index in [1.807, 2.05) is 12.1 Å². The van der Waals surface area contributed by atoms with Crippen LogP contribution in [0.2, 0.25) is 0 Å². The molecule has 1 aromatic heterocycles. The van der Waals surface area contributed by atoms with E-state index >= 15 is 0 Å². The number of nitrogens with two attached hydrogens (primary N) is 1. The molecule has 1 fully saturated rings. The van der Waals surface area contributed by atoms with Crippen molar-refractivity contribution in [2.75, 3.05) is 0 Å². The maximum Gasteiger partial charge on any atom is 0.221 e. The van der Waals surface area contributed by atoms with Gasteiger partial charge in [-0.25, -0.2) is 0 Å². The van der Waals surface area contributed by atoms with Crippen LogP contribution in [-0.4, -0.2) is 15.6 Å². The molecule has 4 heteroatoms. The SMILES string of the molecule is NC(=O)Cc1c(C2CC2)n(CCc2ccccc2)c2ccc(O)cc12. The Labute approximate surface area is 146 Å². The van der Waals surface area contributed by atoms with Gasteiger partial charge in [0, 0.05) is 23.1 Å². The van der Waals surface area contributed by atoms with Gasteiger partial charge in [-0.15, -0.1) is 0 Å². The Kier molecular flexibility index (Phi) is 3.96. The Balaban J connectivity index is 1.81. The number of aromatic nitrogens is 1. The lowest BCUT2D eigenvalue weighted by Gasteiger charge is -2.12. The average Bonchev–Trinajstić information content (AvgIpc) is 3.39. The molecule has 0 bridgehead atoms. The van der Waals surface area contributed by atoms with Crippen LogP contribution in [-0.2, 0) is 24.2 Å². The number of fused-ring (bicyclic) bond motifs is 1. The van der Waals surface area contributed by atoms with Crippen molar-refractivity contribution in [2.45, 2.75) is 38.1 Å². The number of amides is 1. The van der Waals surface area contributed by atoms with E-state index in [4.69, 9.17) is 5.73 Å². The molecule has 0 aliphatic heterocycles. The van der Waals surface area contributed by atoms with E-state index in [0.717, 1.165) is 42.3 Å². The Bertz CT molecular complexity index is 924. The predicted octanol–water partition coefficient (Wildman–Crippen LogP) is 3.49. The zero-order valence-electron chi connectivity index (χ0n) is 14.1. The summed E-state index contributed by atoms with van der Waals surface area (Å²) in [5.41, 5.74) is 10.1. The second kappa shape index (κ2) is 6.28. The van der Waals surface area contributed by atoms with Crippen LogP contribution in [0.15, 0.2) is 48.5 Å². The van der Waals surface area contributed by atoms with Crippen LogP contribution in [0.3, 0.4) is 0 Å². The number of carbonyl (C=O) groups excluding carboxylic acids is 1. The average molecular weight is 334 g/mol. The molecule has 1 heterocycles. The summed E-state index contributed by atoms with van der Waals surface area (Å²) in [6.45, 7) is 0.857. The fraction of sp³-hybridized carbons (Fsp3) is 0.286. The lowest BCUT2D eigenvalue weighted by molar-refractivity contribution is -0.117. The van der Waals surface area contributed by atoms with Gasteiger partial charge in [0.25, 0.3) is 0 Å². The zero-order chi connectivity index (χ0) is 17.4. The van der Waals surface area contributed by atoms with Gasteiger partial charge in [0.15, 0.2) is 0 Å². The topological polar surface area (TPSA) is 68.2 Å². The van der Waals surface area contributed by atoms with Gasteiger partial charge in [-0.2, -0.15) is 0 Å². The van der Waals surface area contributed by atoms with Crippen molar-refractivity contribution >= 4 is 16.8 Å². The molecular formula is C21H22N2O2. The number of aromatic hydroxyl groups is 1. The Morgan fingerprint density at radius 3 is 2.60 bits per heavy atom. The molecule has 128 valence electrons. The molecule has 1 amide bonds. The summed E-state index contributed by atoms with van der Waals surface area (Å²) in [4.78, 5) is 11.6. The van der Waals surface area contributed by atoms with Crippen LogP contribution in [0.1, 0.15) is 35.6 Å². The van der Waals surface area contributed by atoms with Gasteiger partial charge in [-0.1, -0.05) is 30.3 Å². The molecule has 1 saturated carbocycles. The fourth-order valence-electron chi connectivity index (χ4n) is 3.74. The molecule has 4 rings (SSSR count). The predicted molar refractivity (Wildman–Crippen MR) is 98.6 cm³/mol. The van der Waals surface area contributed by atoms with Crippen molar-refractivity contribution in [1.29, 1.82) is 0 Å². The monoisotopic (exact) mass is 334 g/mol. The van der Waals surface area contributed by atoms with Gasteiger partial charge in [-0.05, 0) is 54.5 Å². The normalized spacial score (nSPS) is 14.1. The smallest absolute Gasteiger partial charge is 0.221 e. The number of phenols is 1. The molecule has 0 saturated heterocycles. The first-order valence-corrected chi connectivity index (χ1v) is 8.79. The number of rotatable bonds is 6. The molecule has 0 unspecified atom stereocenters. The largest absolute Gasteiger partial charge is 0.508 e. The van der Waals surface area contributed by atoms with Crippen LogP contribution in [0.4, 0.5) is 0 Å². The first-order chi connectivity index (χ1) is 12.1. The van der Waals surface area contributed by atoms with E-state index in [9.17, 15) is 9.90 Å². The van der Waals surface area contributed by atoms with Gasteiger partial charge in [0.2, 0.25) is 5.91 Å². The van der Waals surface area contributed by atoms with Crippen LogP contribution in [0.25, 0.3) is 10.9 Å². The Hall–Kier alpha value is -2.75.